The zero-order valence-corrected chi connectivity index (χ0v) is 15.2. The van der Waals surface area contributed by atoms with Crippen molar-refractivity contribution in [1.82, 2.24) is 20.0 Å². The highest BCUT2D eigenvalue weighted by atomic mass is 16.2. The number of nitrogens with zero attached hydrogens (tertiary/aromatic N) is 3. The van der Waals surface area contributed by atoms with E-state index in [1.54, 1.807) is 10.9 Å². The molecule has 2 heterocycles. The number of aromatic nitrogens is 2. The van der Waals surface area contributed by atoms with Crippen molar-refractivity contribution in [2.45, 2.75) is 32.2 Å². The van der Waals surface area contributed by atoms with E-state index >= 15 is 0 Å². The summed E-state index contributed by atoms with van der Waals surface area (Å²) >= 11 is 0. The molecule has 2 amide bonds. The molecular weight excluding hydrogens is 328 g/mol. The summed E-state index contributed by atoms with van der Waals surface area (Å²) in [5.74, 6) is 0.0601. The number of likely N-dealkylation sites (tertiary alicyclic amines) is 1. The van der Waals surface area contributed by atoms with Crippen LogP contribution in [0, 0.1) is 5.92 Å². The summed E-state index contributed by atoms with van der Waals surface area (Å²) in [4.78, 5) is 26.5. The van der Waals surface area contributed by atoms with Gasteiger partial charge in [-0.1, -0.05) is 30.3 Å². The van der Waals surface area contributed by atoms with Gasteiger partial charge in [-0.3, -0.25) is 14.3 Å². The van der Waals surface area contributed by atoms with Gasteiger partial charge < -0.3 is 10.2 Å². The van der Waals surface area contributed by atoms with Gasteiger partial charge in [0.1, 0.15) is 0 Å². The minimum Gasteiger partial charge on any atom is -0.352 e. The SMILES string of the molecule is Cn1cc(CNC(=O)[C@@H]2CCC(=O)N(CCCc3ccccc3)C2)cn1. The molecule has 0 saturated carbocycles. The molecule has 1 N–H and O–H groups in total. The fourth-order valence-electron chi connectivity index (χ4n) is 3.36. The Bertz CT molecular complexity index is 741. The molecular formula is C20H26N4O2. The molecule has 0 aliphatic carbocycles. The van der Waals surface area contributed by atoms with E-state index in [1.165, 1.54) is 5.56 Å². The quantitative estimate of drug-likeness (QED) is 0.826. The summed E-state index contributed by atoms with van der Waals surface area (Å²) in [5, 5.41) is 7.07. The third-order valence-electron chi connectivity index (χ3n) is 4.83. The normalized spacial score (nSPS) is 17.3. The van der Waals surface area contributed by atoms with E-state index in [2.05, 4.69) is 22.5 Å². The lowest BCUT2D eigenvalue weighted by Gasteiger charge is -2.32. The standard InChI is InChI=1S/C20H26N4O2/c1-23-14-17(13-22-23)12-21-20(26)18-9-10-19(25)24(15-18)11-5-8-16-6-3-2-4-7-16/h2-4,6-7,13-14,18H,5,8-12,15H2,1H3,(H,21,26)/t18-/m1/s1. The van der Waals surface area contributed by atoms with Gasteiger partial charge in [-0.2, -0.15) is 5.10 Å². The molecule has 0 unspecified atom stereocenters. The van der Waals surface area contributed by atoms with Crippen LogP contribution in [0.3, 0.4) is 0 Å². The second kappa shape index (κ2) is 8.65. The molecule has 0 spiro atoms. The Morgan fingerprint density at radius 2 is 2.08 bits per heavy atom. The van der Waals surface area contributed by atoms with Crippen LogP contribution in [0.15, 0.2) is 42.7 Å². The van der Waals surface area contributed by atoms with Gasteiger partial charge >= 0.3 is 0 Å². The van der Waals surface area contributed by atoms with Crippen molar-refractivity contribution in [2.75, 3.05) is 13.1 Å². The van der Waals surface area contributed by atoms with Crippen molar-refractivity contribution in [3.05, 3.63) is 53.9 Å². The number of nitrogens with one attached hydrogen (secondary N) is 1. The molecule has 6 nitrogen and oxygen atoms in total. The Kier molecular flexibility index (Phi) is 6.04. The maximum absolute atomic E-state index is 12.4. The predicted molar refractivity (Wildman–Crippen MR) is 99.1 cm³/mol. The van der Waals surface area contributed by atoms with E-state index in [9.17, 15) is 9.59 Å². The first-order chi connectivity index (χ1) is 12.6. The molecule has 6 heteroatoms. The van der Waals surface area contributed by atoms with Crippen molar-refractivity contribution in [1.29, 1.82) is 0 Å². The van der Waals surface area contributed by atoms with Crippen LogP contribution in [0.1, 0.15) is 30.4 Å². The summed E-state index contributed by atoms with van der Waals surface area (Å²) < 4.78 is 1.72. The van der Waals surface area contributed by atoms with Crippen LogP contribution < -0.4 is 5.32 Å². The first-order valence-electron chi connectivity index (χ1n) is 9.19. The van der Waals surface area contributed by atoms with Crippen LogP contribution in [0.25, 0.3) is 0 Å². The third kappa shape index (κ3) is 4.94. The smallest absolute Gasteiger partial charge is 0.225 e. The van der Waals surface area contributed by atoms with Crippen molar-refractivity contribution in [3.63, 3.8) is 0 Å². The number of carbonyl (C=O) groups is 2. The molecule has 1 aliphatic heterocycles. The summed E-state index contributed by atoms with van der Waals surface area (Å²) in [7, 11) is 1.85. The molecule has 138 valence electrons. The van der Waals surface area contributed by atoms with Crippen molar-refractivity contribution >= 4 is 11.8 Å². The average Bonchev–Trinajstić information content (AvgIpc) is 3.07. The monoisotopic (exact) mass is 354 g/mol. The summed E-state index contributed by atoms with van der Waals surface area (Å²) in [6, 6.07) is 10.3. The van der Waals surface area contributed by atoms with Gasteiger partial charge in [-0.25, -0.2) is 0 Å². The Labute approximate surface area is 154 Å². The molecule has 1 aromatic carbocycles. The lowest BCUT2D eigenvalue weighted by Crippen LogP contribution is -2.46. The molecule has 3 rings (SSSR count). The number of carbonyl (C=O) groups excluding carboxylic acids is 2. The molecule has 2 aromatic rings. The van der Waals surface area contributed by atoms with Crippen LogP contribution in [-0.2, 0) is 29.6 Å². The zero-order chi connectivity index (χ0) is 18.4. The van der Waals surface area contributed by atoms with Gasteiger partial charge in [0.25, 0.3) is 0 Å². The minimum absolute atomic E-state index is 0.0226. The molecule has 0 bridgehead atoms. The second-order valence-electron chi connectivity index (χ2n) is 6.90. The Morgan fingerprint density at radius 3 is 2.81 bits per heavy atom. The van der Waals surface area contributed by atoms with E-state index < -0.39 is 0 Å². The minimum atomic E-state index is -0.124. The summed E-state index contributed by atoms with van der Waals surface area (Å²) in [6.45, 7) is 1.71. The lowest BCUT2D eigenvalue weighted by atomic mass is 9.96. The average molecular weight is 354 g/mol. The van der Waals surface area contributed by atoms with Gasteiger partial charge in [-0.05, 0) is 24.8 Å². The van der Waals surface area contributed by atoms with E-state index in [4.69, 9.17) is 0 Å². The van der Waals surface area contributed by atoms with E-state index in [0.717, 1.165) is 18.4 Å². The van der Waals surface area contributed by atoms with Crippen LogP contribution in [0.2, 0.25) is 0 Å². The largest absolute Gasteiger partial charge is 0.352 e. The number of amides is 2. The maximum atomic E-state index is 12.4. The third-order valence-corrected chi connectivity index (χ3v) is 4.83. The van der Waals surface area contributed by atoms with Gasteiger partial charge in [0.15, 0.2) is 0 Å². The van der Waals surface area contributed by atoms with Gasteiger partial charge in [0.05, 0.1) is 12.1 Å². The molecule has 1 aliphatic rings. The molecule has 1 aromatic heterocycles. The Morgan fingerprint density at radius 1 is 1.27 bits per heavy atom. The van der Waals surface area contributed by atoms with Gasteiger partial charge in [0.2, 0.25) is 11.8 Å². The number of hydrogen-bond acceptors (Lipinski definition) is 3. The van der Waals surface area contributed by atoms with Gasteiger partial charge in [-0.15, -0.1) is 0 Å². The van der Waals surface area contributed by atoms with Crippen molar-refractivity contribution < 1.29 is 9.59 Å². The predicted octanol–water partition coefficient (Wildman–Crippen LogP) is 1.91. The first kappa shape index (κ1) is 18.2. The fraction of sp³-hybridized carbons (Fsp3) is 0.450. The number of piperidine rings is 1. The number of rotatable bonds is 7. The molecule has 1 fully saturated rings. The number of hydrogen-bond donors (Lipinski definition) is 1. The van der Waals surface area contributed by atoms with Crippen LogP contribution in [0.5, 0.6) is 0 Å². The number of benzene rings is 1. The summed E-state index contributed by atoms with van der Waals surface area (Å²) in [5.41, 5.74) is 2.26. The Balaban J connectivity index is 1.45. The zero-order valence-electron chi connectivity index (χ0n) is 15.2. The van der Waals surface area contributed by atoms with Crippen LogP contribution >= 0.6 is 0 Å². The van der Waals surface area contributed by atoms with Gasteiger partial charge in [0, 0.05) is 44.9 Å². The topological polar surface area (TPSA) is 67.2 Å². The van der Waals surface area contributed by atoms with Crippen molar-refractivity contribution in [2.24, 2.45) is 13.0 Å². The Hall–Kier alpha value is -2.63. The maximum Gasteiger partial charge on any atom is 0.225 e. The molecule has 1 atom stereocenters. The first-order valence-corrected chi connectivity index (χ1v) is 9.19. The van der Waals surface area contributed by atoms with Crippen molar-refractivity contribution in [3.8, 4) is 0 Å². The fourth-order valence-corrected chi connectivity index (χ4v) is 3.36. The highest BCUT2D eigenvalue weighted by Crippen LogP contribution is 2.19. The van der Waals surface area contributed by atoms with E-state index in [-0.39, 0.29) is 17.7 Å². The molecule has 1 saturated heterocycles. The lowest BCUT2D eigenvalue weighted by molar-refractivity contribution is -0.138. The number of aryl methyl sites for hydroxylation is 2. The highest BCUT2D eigenvalue weighted by molar-refractivity contribution is 5.83. The second-order valence-corrected chi connectivity index (χ2v) is 6.90. The summed E-state index contributed by atoms with van der Waals surface area (Å²) in [6.07, 6.45) is 6.59. The van der Waals surface area contributed by atoms with Crippen LogP contribution in [0.4, 0.5) is 0 Å². The van der Waals surface area contributed by atoms with Crippen LogP contribution in [-0.4, -0.2) is 39.6 Å². The highest BCUT2D eigenvalue weighted by Gasteiger charge is 2.29. The molecule has 0 radical (unpaired) electrons. The molecule has 26 heavy (non-hydrogen) atoms. The van der Waals surface area contributed by atoms with E-state index in [1.807, 2.05) is 36.3 Å². The van der Waals surface area contributed by atoms with E-state index in [0.29, 0.717) is 32.5 Å².